The molecule has 0 aromatic carbocycles. The smallest absolute Gasteiger partial charge is 0.229 e. The summed E-state index contributed by atoms with van der Waals surface area (Å²) in [5.74, 6) is 0.170. The summed E-state index contributed by atoms with van der Waals surface area (Å²) in [6, 6.07) is 2.34. The van der Waals surface area contributed by atoms with Crippen molar-refractivity contribution in [2.45, 2.75) is 53.1 Å². The van der Waals surface area contributed by atoms with E-state index in [1.807, 2.05) is 18.7 Å². The fraction of sp³-hybridized carbons (Fsp3) is 0.500. The monoisotopic (exact) mass is 322 g/mol. The highest BCUT2D eigenvalue weighted by Gasteiger charge is 2.21. The van der Waals surface area contributed by atoms with E-state index in [1.54, 1.807) is 22.7 Å². The average Bonchev–Trinajstić information content (AvgIpc) is 3.05. The van der Waals surface area contributed by atoms with Crippen molar-refractivity contribution in [2.75, 3.05) is 0 Å². The maximum Gasteiger partial charge on any atom is 0.229 e. The molecule has 0 saturated carbocycles. The van der Waals surface area contributed by atoms with E-state index in [0.717, 1.165) is 22.0 Å². The van der Waals surface area contributed by atoms with E-state index in [9.17, 15) is 4.79 Å². The molecule has 1 amide bonds. The second kappa shape index (κ2) is 7.18. The van der Waals surface area contributed by atoms with Crippen LogP contribution in [0.2, 0.25) is 0 Å². The van der Waals surface area contributed by atoms with E-state index >= 15 is 0 Å². The van der Waals surface area contributed by atoms with Gasteiger partial charge in [0.15, 0.2) is 0 Å². The molecule has 2 aromatic heterocycles. The lowest BCUT2D eigenvalue weighted by Gasteiger charge is -2.28. The highest BCUT2D eigenvalue weighted by molar-refractivity contribution is 7.11. The van der Waals surface area contributed by atoms with Crippen LogP contribution in [0, 0.1) is 13.8 Å². The zero-order valence-electron chi connectivity index (χ0n) is 13.0. The van der Waals surface area contributed by atoms with Crippen molar-refractivity contribution in [1.29, 1.82) is 0 Å². The van der Waals surface area contributed by atoms with Crippen molar-refractivity contribution >= 4 is 28.6 Å². The topological polar surface area (TPSA) is 33.2 Å². The number of nitrogens with zero attached hydrogens (tertiary/aromatic N) is 2. The van der Waals surface area contributed by atoms with Crippen molar-refractivity contribution in [2.24, 2.45) is 0 Å². The lowest BCUT2D eigenvalue weighted by Crippen LogP contribution is -2.38. The van der Waals surface area contributed by atoms with Crippen LogP contribution in [0.5, 0.6) is 0 Å². The first-order chi connectivity index (χ1) is 10.0. The molecular formula is C16H22N2OS2. The van der Waals surface area contributed by atoms with Gasteiger partial charge in [0.1, 0.15) is 0 Å². The summed E-state index contributed by atoms with van der Waals surface area (Å²) in [7, 11) is 0. The quantitative estimate of drug-likeness (QED) is 0.799. The molecule has 5 heteroatoms. The maximum atomic E-state index is 12.7. The first kappa shape index (κ1) is 16.2. The maximum absolute atomic E-state index is 12.7. The molecule has 0 fully saturated rings. The van der Waals surface area contributed by atoms with Gasteiger partial charge in [0, 0.05) is 17.5 Å². The fourth-order valence-corrected chi connectivity index (χ4v) is 3.76. The Hall–Kier alpha value is -1.20. The van der Waals surface area contributed by atoms with Gasteiger partial charge in [0.2, 0.25) is 5.91 Å². The van der Waals surface area contributed by atoms with Gasteiger partial charge in [-0.1, -0.05) is 6.92 Å². The summed E-state index contributed by atoms with van der Waals surface area (Å²) in [6.07, 6.45) is 1.37. The zero-order chi connectivity index (χ0) is 15.4. The summed E-state index contributed by atoms with van der Waals surface area (Å²) in [6.45, 7) is 8.96. The van der Waals surface area contributed by atoms with E-state index < -0.39 is 0 Å². The molecular weight excluding hydrogens is 300 g/mol. The predicted octanol–water partition coefficient (Wildman–Crippen LogP) is 4.19. The number of rotatable bonds is 6. The number of thiophene rings is 1. The molecule has 0 radical (unpaired) electrons. The van der Waals surface area contributed by atoms with Gasteiger partial charge in [-0.05, 0) is 49.6 Å². The van der Waals surface area contributed by atoms with Crippen LogP contribution in [0.4, 0.5) is 0 Å². The lowest BCUT2D eigenvalue weighted by atomic mass is 10.1. The standard InChI is InChI=1S/C16H22N2OS2/c1-5-11(2)18(9-14-6-7-20-10-14)16(19)8-15-12(3)21-13(4)17-15/h6-7,10-11H,5,8-9H2,1-4H3/t11-/m1/s1. The third-order valence-corrected chi connectivity index (χ3v) is 5.36. The minimum Gasteiger partial charge on any atom is -0.335 e. The van der Waals surface area contributed by atoms with Gasteiger partial charge in [-0.2, -0.15) is 11.3 Å². The van der Waals surface area contributed by atoms with E-state index in [1.165, 1.54) is 5.56 Å². The molecule has 114 valence electrons. The van der Waals surface area contributed by atoms with Crippen LogP contribution in [0.25, 0.3) is 0 Å². The zero-order valence-corrected chi connectivity index (χ0v) is 14.7. The Kier molecular flexibility index (Phi) is 5.53. The van der Waals surface area contributed by atoms with Gasteiger partial charge in [0.25, 0.3) is 0 Å². The first-order valence-corrected chi connectivity index (χ1v) is 9.00. The first-order valence-electron chi connectivity index (χ1n) is 7.24. The van der Waals surface area contributed by atoms with Crippen LogP contribution in [0.1, 0.15) is 41.4 Å². The van der Waals surface area contributed by atoms with E-state index in [0.29, 0.717) is 13.0 Å². The molecule has 0 spiro atoms. The van der Waals surface area contributed by atoms with Crippen molar-refractivity contribution < 1.29 is 4.79 Å². The van der Waals surface area contributed by atoms with Gasteiger partial charge in [-0.3, -0.25) is 4.79 Å². The minimum atomic E-state index is 0.170. The number of aryl methyl sites for hydroxylation is 2. The van der Waals surface area contributed by atoms with Crippen LogP contribution in [-0.4, -0.2) is 21.8 Å². The molecule has 3 nitrogen and oxygen atoms in total. The molecule has 0 aliphatic carbocycles. The molecule has 2 heterocycles. The predicted molar refractivity (Wildman–Crippen MR) is 89.9 cm³/mol. The van der Waals surface area contributed by atoms with Crippen LogP contribution in [-0.2, 0) is 17.8 Å². The Morgan fingerprint density at radius 3 is 2.71 bits per heavy atom. The highest BCUT2D eigenvalue weighted by Crippen LogP contribution is 2.20. The van der Waals surface area contributed by atoms with Crippen LogP contribution >= 0.6 is 22.7 Å². The number of aromatic nitrogens is 1. The number of amides is 1. The van der Waals surface area contributed by atoms with E-state index in [4.69, 9.17) is 0 Å². The summed E-state index contributed by atoms with van der Waals surface area (Å²) in [5.41, 5.74) is 2.14. The summed E-state index contributed by atoms with van der Waals surface area (Å²) < 4.78 is 0. The van der Waals surface area contributed by atoms with Gasteiger partial charge in [-0.15, -0.1) is 11.3 Å². The van der Waals surface area contributed by atoms with E-state index in [2.05, 4.69) is 35.7 Å². The van der Waals surface area contributed by atoms with Crippen LogP contribution < -0.4 is 0 Å². The average molecular weight is 322 g/mol. The third-order valence-electron chi connectivity index (χ3n) is 3.69. The van der Waals surface area contributed by atoms with Crippen molar-refractivity contribution in [3.05, 3.63) is 38.0 Å². The lowest BCUT2D eigenvalue weighted by molar-refractivity contribution is -0.133. The van der Waals surface area contributed by atoms with Crippen LogP contribution in [0.3, 0.4) is 0 Å². The number of hydrogen-bond acceptors (Lipinski definition) is 4. The van der Waals surface area contributed by atoms with Crippen LogP contribution in [0.15, 0.2) is 16.8 Å². The van der Waals surface area contributed by atoms with Gasteiger partial charge >= 0.3 is 0 Å². The Morgan fingerprint density at radius 1 is 1.43 bits per heavy atom. The molecule has 0 unspecified atom stereocenters. The third kappa shape index (κ3) is 4.14. The molecule has 21 heavy (non-hydrogen) atoms. The molecule has 1 atom stereocenters. The molecule has 0 N–H and O–H groups in total. The molecule has 0 aliphatic rings. The van der Waals surface area contributed by atoms with Gasteiger partial charge < -0.3 is 4.90 Å². The SMILES string of the molecule is CC[C@@H](C)N(Cc1ccsc1)C(=O)Cc1nc(C)sc1C. The highest BCUT2D eigenvalue weighted by atomic mass is 32.1. The Morgan fingerprint density at radius 2 is 2.19 bits per heavy atom. The van der Waals surface area contributed by atoms with Crippen molar-refractivity contribution in [1.82, 2.24) is 9.88 Å². The van der Waals surface area contributed by atoms with Crippen molar-refractivity contribution in [3.63, 3.8) is 0 Å². The van der Waals surface area contributed by atoms with Gasteiger partial charge in [0.05, 0.1) is 17.1 Å². The van der Waals surface area contributed by atoms with Crippen molar-refractivity contribution in [3.8, 4) is 0 Å². The molecule has 0 saturated heterocycles. The Bertz CT molecular complexity index is 589. The summed E-state index contributed by atoms with van der Waals surface area (Å²) in [4.78, 5) is 20.3. The number of hydrogen-bond donors (Lipinski definition) is 0. The van der Waals surface area contributed by atoms with E-state index in [-0.39, 0.29) is 11.9 Å². The molecule has 2 aromatic rings. The normalized spacial score (nSPS) is 12.4. The minimum absolute atomic E-state index is 0.170. The number of thiazole rings is 1. The number of carbonyl (C=O) groups excluding carboxylic acids is 1. The second-order valence-electron chi connectivity index (χ2n) is 5.32. The Balaban J connectivity index is 2.12. The molecule has 2 rings (SSSR count). The van der Waals surface area contributed by atoms with Gasteiger partial charge in [-0.25, -0.2) is 4.98 Å². The molecule has 0 aliphatic heterocycles. The number of carbonyl (C=O) groups is 1. The fourth-order valence-electron chi connectivity index (χ4n) is 2.27. The second-order valence-corrected chi connectivity index (χ2v) is 7.51. The Labute approximate surface area is 134 Å². The summed E-state index contributed by atoms with van der Waals surface area (Å²) in [5, 5.41) is 5.20. The summed E-state index contributed by atoms with van der Waals surface area (Å²) >= 11 is 3.34. The molecule has 0 bridgehead atoms. The largest absolute Gasteiger partial charge is 0.335 e.